The standard InChI is InChI=1S/C19H18N2O4S/c1-11-18(22)20-14-8-13(4-6-17(14)26-11)19(23)21(2)9-12-3-5-15-16(7-12)25-10-24-15/h3-8,11H,9-10H2,1-2H3,(H,20,22)/t11-/m0/s1. The molecule has 0 fully saturated rings. The number of fused-ring (bicyclic) bond motifs is 2. The van der Waals surface area contributed by atoms with Crippen molar-refractivity contribution < 1.29 is 19.1 Å². The first-order chi connectivity index (χ1) is 12.5. The van der Waals surface area contributed by atoms with Gasteiger partial charge in [0.15, 0.2) is 11.5 Å². The number of ether oxygens (including phenoxy) is 2. The van der Waals surface area contributed by atoms with Crippen LogP contribution in [0, 0.1) is 0 Å². The molecule has 2 aliphatic rings. The van der Waals surface area contributed by atoms with E-state index < -0.39 is 0 Å². The first-order valence-electron chi connectivity index (χ1n) is 8.27. The van der Waals surface area contributed by atoms with Gasteiger partial charge in [-0.05, 0) is 42.8 Å². The third kappa shape index (κ3) is 3.10. The molecular formula is C19H18N2O4S. The van der Waals surface area contributed by atoms with Gasteiger partial charge in [-0.15, -0.1) is 11.8 Å². The predicted molar refractivity (Wildman–Crippen MR) is 98.8 cm³/mol. The lowest BCUT2D eigenvalue weighted by atomic mass is 10.1. The van der Waals surface area contributed by atoms with Crippen molar-refractivity contribution >= 4 is 29.3 Å². The molecular weight excluding hydrogens is 352 g/mol. The van der Waals surface area contributed by atoms with Gasteiger partial charge in [-0.25, -0.2) is 0 Å². The molecule has 0 saturated carbocycles. The first-order valence-corrected chi connectivity index (χ1v) is 9.15. The van der Waals surface area contributed by atoms with Gasteiger partial charge in [0.05, 0.1) is 10.9 Å². The van der Waals surface area contributed by atoms with Crippen molar-refractivity contribution in [2.45, 2.75) is 23.6 Å². The highest BCUT2D eigenvalue weighted by molar-refractivity contribution is 8.00. The number of rotatable bonds is 3. The fourth-order valence-corrected chi connectivity index (χ4v) is 3.88. The molecule has 2 amide bonds. The van der Waals surface area contributed by atoms with E-state index in [2.05, 4.69) is 5.32 Å². The van der Waals surface area contributed by atoms with Gasteiger partial charge in [-0.3, -0.25) is 9.59 Å². The Hall–Kier alpha value is -2.67. The maximum atomic E-state index is 12.8. The molecule has 0 aromatic heterocycles. The van der Waals surface area contributed by atoms with Gasteiger partial charge < -0.3 is 19.7 Å². The van der Waals surface area contributed by atoms with Gasteiger partial charge in [0, 0.05) is 24.1 Å². The van der Waals surface area contributed by atoms with Crippen LogP contribution in [-0.2, 0) is 11.3 Å². The van der Waals surface area contributed by atoms with Crippen molar-refractivity contribution in [2.24, 2.45) is 0 Å². The van der Waals surface area contributed by atoms with Crippen LogP contribution in [0.2, 0.25) is 0 Å². The fraction of sp³-hybridized carbons (Fsp3) is 0.263. The zero-order valence-corrected chi connectivity index (χ0v) is 15.3. The second-order valence-corrected chi connectivity index (χ2v) is 7.69. The number of carbonyl (C=O) groups excluding carboxylic acids is 2. The molecule has 2 aromatic rings. The van der Waals surface area contributed by atoms with E-state index in [1.807, 2.05) is 31.2 Å². The first kappa shape index (κ1) is 16.8. The van der Waals surface area contributed by atoms with Gasteiger partial charge in [-0.2, -0.15) is 0 Å². The molecule has 0 bridgehead atoms. The summed E-state index contributed by atoms with van der Waals surface area (Å²) < 4.78 is 10.7. The number of carbonyl (C=O) groups is 2. The van der Waals surface area contributed by atoms with E-state index in [0.717, 1.165) is 16.2 Å². The Morgan fingerprint density at radius 2 is 2.04 bits per heavy atom. The second kappa shape index (κ2) is 6.57. The Balaban J connectivity index is 1.50. The SMILES string of the molecule is C[C@@H]1Sc2ccc(C(=O)N(C)Cc3ccc4c(c3)OCO4)cc2NC1=O. The van der Waals surface area contributed by atoms with Crippen LogP contribution >= 0.6 is 11.8 Å². The Morgan fingerprint density at radius 1 is 1.23 bits per heavy atom. The summed E-state index contributed by atoms with van der Waals surface area (Å²) in [6.07, 6.45) is 0. The van der Waals surface area contributed by atoms with Gasteiger partial charge in [-0.1, -0.05) is 6.07 Å². The van der Waals surface area contributed by atoms with Crippen LogP contribution in [0.15, 0.2) is 41.3 Å². The topological polar surface area (TPSA) is 67.9 Å². The quantitative estimate of drug-likeness (QED) is 0.899. The number of amides is 2. The number of nitrogens with one attached hydrogen (secondary N) is 1. The van der Waals surface area contributed by atoms with E-state index in [9.17, 15) is 9.59 Å². The number of hydrogen-bond acceptors (Lipinski definition) is 5. The molecule has 26 heavy (non-hydrogen) atoms. The molecule has 134 valence electrons. The van der Waals surface area contributed by atoms with Crippen molar-refractivity contribution in [1.29, 1.82) is 0 Å². The molecule has 2 heterocycles. The monoisotopic (exact) mass is 370 g/mol. The van der Waals surface area contributed by atoms with Crippen LogP contribution in [0.1, 0.15) is 22.8 Å². The number of benzene rings is 2. The van der Waals surface area contributed by atoms with Gasteiger partial charge in [0.25, 0.3) is 5.91 Å². The van der Waals surface area contributed by atoms with E-state index in [1.54, 1.807) is 24.1 Å². The average Bonchev–Trinajstić information content (AvgIpc) is 3.09. The minimum Gasteiger partial charge on any atom is -0.454 e. The van der Waals surface area contributed by atoms with Crippen LogP contribution in [0.4, 0.5) is 5.69 Å². The maximum Gasteiger partial charge on any atom is 0.253 e. The summed E-state index contributed by atoms with van der Waals surface area (Å²) in [5.41, 5.74) is 2.20. The lowest BCUT2D eigenvalue weighted by molar-refractivity contribution is -0.115. The van der Waals surface area contributed by atoms with Crippen molar-refractivity contribution in [1.82, 2.24) is 4.90 Å². The lowest BCUT2D eigenvalue weighted by Gasteiger charge is -2.23. The highest BCUT2D eigenvalue weighted by Gasteiger charge is 2.24. The smallest absolute Gasteiger partial charge is 0.253 e. The molecule has 0 unspecified atom stereocenters. The summed E-state index contributed by atoms with van der Waals surface area (Å²) in [4.78, 5) is 27.2. The third-order valence-electron chi connectivity index (χ3n) is 4.36. The minimum absolute atomic E-state index is 0.0409. The van der Waals surface area contributed by atoms with Crippen molar-refractivity contribution in [2.75, 3.05) is 19.2 Å². The summed E-state index contributed by atoms with van der Waals surface area (Å²) in [6.45, 7) is 2.54. The largest absolute Gasteiger partial charge is 0.454 e. The third-order valence-corrected chi connectivity index (χ3v) is 5.54. The van der Waals surface area contributed by atoms with Gasteiger partial charge >= 0.3 is 0 Å². The summed E-state index contributed by atoms with van der Waals surface area (Å²) in [5, 5.41) is 2.73. The van der Waals surface area contributed by atoms with Crippen LogP contribution in [0.5, 0.6) is 11.5 Å². The highest BCUT2D eigenvalue weighted by atomic mass is 32.2. The second-order valence-electron chi connectivity index (χ2n) is 6.31. The van der Waals surface area contributed by atoms with Crippen LogP contribution < -0.4 is 14.8 Å². The van der Waals surface area contributed by atoms with Crippen molar-refractivity contribution in [3.63, 3.8) is 0 Å². The molecule has 2 aromatic carbocycles. The molecule has 0 aliphatic carbocycles. The van der Waals surface area contributed by atoms with E-state index in [1.165, 1.54) is 11.8 Å². The lowest BCUT2D eigenvalue weighted by Crippen LogP contribution is -2.28. The summed E-state index contributed by atoms with van der Waals surface area (Å²) >= 11 is 1.50. The number of anilines is 1. The molecule has 0 spiro atoms. The summed E-state index contributed by atoms with van der Waals surface area (Å²) in [5.74, 6) is 1.27. The zero-order chi connectivity index (χ0) is 18.3. The molecule has 1 atom stereocenters. The van der Waals surface area contributed by atoms with E-state index >= 15 is 0 Å². The highest BCUT2D eigenvalue weighted by Crippen LogP contribution is 2.36. The normalized spacial score (nSPS) is 17.5. The molecule has 6 nitrogen and oxygen atoms in total. The molecule has 4 rings (SSSR count). The summed E-state index contributed by atoms with van der Waals surface area (Å²) in [6, 6.07) is 11.1. The average molecular weight is 370 g/mol. The zero-order valence-electron chi connectivity index (χ0n) is 14.4. The summed E-state index contributed by atoms with van der Waals surface area (Å²) in [7, 11) is 1.75. The molecule has 0 saturated heterocycles. The molecule has 7 heteroatoms. The van der Waals surface area contributed by atoms with Crippen molar-refractivity contribution in [3.8, 4) is 11.5 Å². The number of nitrogens with zero attached hydrogens (tertiary/aromatic N) is 1. The number of hydrogen-bond donors (Lipinski definition) is 1. The Labute approximate surface area is 155 Å². The minimum atomic E-state index is -0.127. The molecule has 2 aliphatic heterocycles. The maximum absolute atomic E-state index is 12.8. The van der Waals surface area contributed by atoms with Gasteiger partial charge in [0.2, 0.25) is 12.7 Å². The predicted octanol–water partition coefficient (Wildman–Crippen LogP) is 3.12. The van der Waals surface area contributed by atoms with Crippen molar-refractivity contribution in [3.05, 3.63) is 47.5 Å². The Bertz CT molecular complexity index is 899. The van der Waals surface area contributed by atoms with Crippen LogP contribution in [-0.4, -0.2) is 35.8 Å². The molecule has 1 N–H and O–H groups in total. The Morgan fingerprint density at radius 3 is 2.88 bits per heavy atom. The van der Waals surface area contributed by atoms with E-state index in [0.29, 0.717) is 23.5 Å². The van der Waals surface area contributed by atoms with Crippen LogP contribution in [0.3, 0.4) is 0 Å². The Kier molecular flexibility index (Phi) is 4.24. The number of thioether (sulfide) groups is 1. The van der Waals surface area contributed by atoms with Crippen LogP contribution in [0.25, 0.3) is 0 Å². The molecule has 0 radical (unpaired) electrons. The van der Waals surface area contributed by atoms with Gasteiger partial charge in [0.1, 0.15) is 0 Å². The van der Waals surface area contributed by atoms with E-state index in [4.69, 9.17) is 9.47 Å². The fourth-order valence-electron chi connectivity index (χ4n) is 2.95. The van der Waals surface area contributed by atoms with E-state index in [-0.39, 0.29) is 23.9 Å².